The van der Waals surface area contributed by atoms with Gasteiger partial charge in [-0.25, -0.2) is 14.6 Å². The first-order valence-electron chi connectivity index (χ1n) is 13.8. The fraction of sp³-hybridized carbons (Fsp3) is 0.517. The second-order valence-corrected chi connectivity index (χ2v) is 11.7. The Morgan fingerprint density at radius 2 is 1.83 bits per heavy atom. The smallest absolute Gasteiger partial charge is 0.407 e. The van der Waals surface area contributed by atoms with Crippen LogP contribution in [0.25, 0.3) is 10.9 Å². The molecule has 1 aromatic heterocycles. The maximum absolute atomic E-state index is 13.4. The van der Waals surface area contributed by atoms with Gasteiger partial charge in [0.05, 0.1) is 18.6 Å². The SMILES string of the molecule is CN1CC(=O)N2C[C@@H](NC(=O)OC(C)(C)C)C[C@H]2COc2cccc3ccc(nc23)C(=O)N(C)C(C(=O)O)CCC1=O. The predicted molar refractivity (Wildman–Crippen MR) is 151 cm³/mol. The van der Waals surface area contributed by atoms with Gasteiger partial charge in [0.1, 0.15) is 35.2 Å². The minimum atomic E-state index is -1.28. The minimum absolute atomic E-state index is 0.0272. The molecule has 2 aliphatic rings. The number of hydrogen-bond donors (Lipinski definition) is 2. The lowest BCUT2D eigenvalue weighted by molar-refractivity contribution is -0.143. The molecule has 0 saturated carbocycles. The number of carboxylic acids is 1. The number of aromatic nitrogens is 1. The lowest BCUT2D eigenvalue weighted by Gasteiger charge is -2.27. The summed E-state index contributed by atoms with van der Waals surface area (Å²) in [6.45, 7) is 5.27. The zero-order valence-electron chi connectivity index (χ0n) is 24.5. The topological polar surface area (TPSA) is 159 Å². The molecular formula is C29H37N5O8. The highest BCUT2D eigenvalue weighted by atomic mass is 16.6. The van der Waals surface area contributed by atoms with E-state index in [1.54, 1.807) is 43.9 Å². The molecule has 226 valence electrons. The Balaban J connectivity index is 1.67. The summed E-state index contributed by atoms with van der Waals surface area (Å²) in [5.41, 5.74) is -0.260. The number of nitrogens with zero attached hydrogens (tertiary/aromatic N) is 4. The Kier molecular flexibility index (Phi) is 8.88. The number of nitrogens with one attached hydrogen (secondary N) is 1. The Labute approximate surface area is 243 Å². The molecule has 4 rings (SSSR count). The molecule has 1 saturated heterocycles. The summed E-state index contributed by atoms with van der Waals surface area (Å²) in [6, 6.07) is 6.36. The number of amides is 4. The molecule has 2 aromatic rings. The van der Waals surface area contributed by atoms with Crippen LogP contribution < -0.4 is 10.1 Å². The Bertz CT molecular complexity index is 1390. The molecule has 0 spiro atoms. The van der Waals surface area contributed by atoms with Crippen LogP contribution in [0.15, 0.2) is 30.3 Å². The van der Waals surface area contributed by atoms with Crippen molar-refractivity contribution in [1.82, 2.24) is 25.0 Å². The second kappa shape index (κ2) is 12.2. The predicted octanol–water partition coefficient (Wildman–Crippen LogP) is 1.89. The highest BCUT2D eigenvalue weighted by molar-refractivity contribution is 5.98. The fourth-order valence-electron chi connectivity index (χ4n) is 5.14. The van der Waals surface area contributed by atoms with E-state index in [0.29, 0.717) is 23.1 Å². The Hall–Kier alpha value is -4.42. The van der Waals surface area contributed by atoms with Crippen LogP contribution in [-0.4, -0.2) is 112 Å². The minimum Gasteiger partial charge on any atom is -0.489 e. The number of rotatable bonds is 2. The number of hydrogen-bond acceptors (Lipinski definition) is 8. The van der Waals surface area contributed by atoms with Crippen molar-refractivity contribution in [2.24, 2.45) is 0 Å². The largest absolute Gasteiger partial charge is 0.489 e. The first kappa shape index (κ1) is 30.5. The summed E-state index contributed by atoms with van der Waals surface area (Å²) in [5, 5.41) is 13.4. The number of alkyl carbamates (subject to hydrolysis) is 1. The van der Waals surface area contributed by atoms with Gasteiger partial charge in [0.15, 0.2) is 0 Å². The summed E-state index contributed by atoms with van der Waals surface area (Å²) >= 11 is 0. The van der Waals surface area contributed by atoms with Gasteiger partial charge in [0.25, 0.3) is 5.91 Å². The van der Waals surface area contributed by atoms with E-state index < -0.39 is 47.6 Å². The standard InChI is InChI=1S/C29H37N5O8/c1-29(2,3)42-28(40)30-18-13-19-16-41-22-8-6-7-17-9-10-20(31-25(17)22)26(37)33(5)21(27(38)39)11-12-23(35)32(4)15-24(36)34(19)14-18/h6-10,18-19,21H,11-16H2,1-5H3,(H,30,40)(H,38,39)/t18-,19-,21?/m0/s1. The van der Waals surface area contributed by atoms with E-state index in [1.165, 1.54) is 25.1 Å². The number of carboxylic acid groups (broad SMARTS) is 1. The monoisotopic (exact) mass is 583 g/mol. The molecule has 0 aliphatic carbocycles. The van der Waals surface area contributed by atoms with Crippen LogP contribution in [0.2, 0.25) is 0 Å². The normalized spacial score (nSPS) is 22.5. The molecule has 1 aromatic carbocycles. The van der Waals surface area contributed by atoms with Gasteiger partial charge in [-0.15, -0.1) is 0 Å². The van der Waals surface area contributed by atoms with E-state index in [0.717, 1.165) is 4.90 Å². The van der Waals surface area contributed by atoms with E-state index in [4.69, 9.17) is 9.47 Å². The third-order valence-corrected chi connectivity index (χ3v) is 7.29. The summed E-state index contributed by atoms with van der Waals surface area (Å²) in [4.78, 5) is 72.5. The molecule has 2 N–H and O–H groups in total. The molecule has 1 fully saturated rings. The first-order valence-corrected chi connectivity index (χ1v) is 13.8. The molecule has 3 heterocycles. The van der Waals surface area contributed by atoms with Crippen LogP contribution in [0, 0.1) is 0 Å². The van der Waals surface area contributed by atoms with Crippen molar-refractivity contribution in [2.45, 2.75) is 63.8 Å². The summed E-state index contributed by atoms with van der Waals surface area (Å²) in [6.07, 6.45) is -0.555. The molecule has 1 unspecified atom stereocenters. The van der Waals surface area contributed by atoms with Gasteiger partial charge in [-0.1, -0.05) is 18.2 Å². The highest BCUT2D eigenvalue weighted by Crippen LogP contribution is 2.27. The van der Waals surface area contributed by atoms with Crippen molar-refractivity contribution < 1.29 is 38.6 Å². The van der Waals surface area contributed by atoms with Crippen LogP contribution >= 0.6 is 0 Å². The number of para-hydroxylation sites is 1. The van der Waals surface area contributed by atoms with Gasteiger partial charge in [-0.2, -0.15) is 0 Å². The Morgan fingerprint density at radius 3 is 2.52 bits per heavy atom. The molecule has 13 heteroatoms. The third kappa shape index (κ3) is 7.07. The zero-order chi connectivity index (χ0) is 30.8. The lowest BCUT2D eigenvalue weighted by Crippen LogP contribution is -2.46. The number of fused-ring (bicyclic) bond motifs is 2. The molecule has 2 aliphatic heterocycles. The van der Waals surface area contributed by atoms with Crippen molar-refractivity contribution in [3.8, 4) is 5.75 Å². The van der Waals surface area contributed by atoms with E-state index in [9.17, 15) is 29.1 Å². The number of carbonyl (C=O) groups excluding carboxylic acids is 4. The molecule has 13 nitrogen and oxygen atoms in total. The van der Waals surface area contributed by atoms with E-state index >= 15 is 0 Å². The van der Waals surface area contributed by atoms with Gasteiger partial charge in [-0.05, 0) is 45.7 Å². The number of pyridine rings is 1. The van der Waals surface area contributed by atoms with Crippen molar-refractivity contribution >= 4 is 40.7 Å². The molecule has 3 atom stereocenters. The van der Waals surface area contributed by atoms with Crippen molar-refractivity contribution in [2.75, 3.05) is 33.8 Å². The molecule has 4 amide bonds. The first-order chi connectivity index (χ1) is 19.7. The quantitative estimate of drug-likeness (QED) is 0.538. The Morgan fingerprint density at radius 1 is 1.10 bits per heavy atom. The maximum atomic E-state index is 13.4. The van der Waals surface area contributed by atoms with Crippen LogP contribution in [0.4, 0.5) is 4.79 Å². The molecular weight excluding hydrogens is 546 g/mol. The number of ether oxygens (including phenoxy) is 2. The molecule has 2 bridgehead atoms. The summed E-state index contributed by atoms with van der Waals surface area (Å²) in [7, 11) is 2.82. The van der Waals surface area contributed by atoms with Crippen LogP contribution in [0.1, 0.15) is 50.5 Å². The van der Waals surface area contributed by atoms with Gasteiger partial charge in [0, 0.05) is 32.4 Å². The van der Waals surface area contributed by atoms with E-state index in [2.05, 4.69) is 10.3 Å². The van der Waals surface area contributed by atoms with E-state index in [-0.39, 0.29) is 44.1 Å². The van der Waals surface area contributed by atoms with Crippen molar-refractivity contribution in [3.63, 3.8) is 0 Å². The third-order valence-electron chi connectivity index (χ3n) is 7.29. The van der Waals surface area contributed by atoms with Gasteiger partial charge < -0.3 is 34.6 Å². The number of likely N-dealkylation sites (N-methyl/N-ethyl adjacent to an activating group) is 2. The van der Waals surface area contributed by atoms with Crippen molar-refractivity contribution in [1.29, 1.82) is 0 Å². The number of benzene rings is 1. The van der Waals surface area contributed by atoms with E-state index in [1.807, 2.05) is 6.07 Å². The highest BCUT2D eigenvalue weighted by Gasteiger charge is 2.38. The number of aliphatic carboxylic acids is 1. The zero-order valence-corrected chi connectivity index (χ0v) is 24.5. The fourth-order valence-corrected chi connectivity index (χ4v) is 5.14. The van der Waals surface area contributed by atoms with Gasteiger partial charge in [0.2, 0.25) is 11.8 Å². The average molecular weight is 584 g/mol. The lowest BCUT2D eigenvalue weighted by atomic mass is 10.1. The van der Waals surface area contributed by atoms with Crippen LogP contribution in [0.5, 0.6) is 5.75 Å². The maximum Gasteiger partial charge on any atom is 0.407 e. The number of carbonyl (C=O) groups is 5. The van der Waals surface area contributed by atoms with Gasteiger partial charge >= 0.3 is 12.1 Å². The van der Waals surface area contributed by atoms with Crippen LogP contribution in [0.3, 0.4) is 0 Å². The summed E-state index contributed by atoms with van der Waals surface area (Å²) < 4.78 is 11.5. The van der Waals surface area contributed by atoms with Gasteiger partial charge in [-0.3, -0.25) is 14.4 Å². The average Bonchev–Trinajstić information content (AvgIpc) is 3.31. The molecule has 0 radical (unpaired) electrons. The molecule has 42 heavy (non-hydrogen) atoms. The van der Waals surface area contributed by atoms with Crippen molar-refractivity contribution in [3.05, 3.63) is 36.0 Å². The second-order valence-electron chi connectivity index (χ2n) is 11.7. The summed E-state index contributed by atoms with van der Waals surface area (Å²) in [5.74, 6) is -2.28. The van der Waals surface area contributed by atoms with Crippen LogP contribution in [-0.2, 0) is 19.1 Å².